The van der Waals surface area contributed by atoms with Crippen LogP contribution < -0.4 is 9.47 Å². The molecule has 0 bridgehead atoms. The topological polar surface area (TPSA) is 44.2 Å². The molecule has 0 aliphatic heterocycles. The zero-order valence-electron chi connectivity index (χ0n) is 7.58. The number of nitrogens with zero attached hydrogens (tertiary/aromatic N) is 2. The minimum absolute atomic E-state index is 0.0686. The highest BCUT2D eigenvalue weighted by molar-refractivity contribution is 5.13. The van der Waals surface area contributed by atoms with Crippen molar-refractivity contribution in [1.82, 2.24) is 9.97 Å². The van der Waals surface area contributed by atoms with Gasteiger partial charge in [-0.05, 0) is 13.8 Å². The molecule has 0 atom stereocenters. The van der Waals surface area contributed by atoms with Crippen molar-refractivity contribution < 1.29 is 13.9 Å². The maximum Gasteiger partial charge on any atom is 0.319 e. The smallest absolute Gasteiger partial charge is 0.319 e. The zero-order chi connectivity index (χ0) is 9.68. The van der Waals surface area contributed by atoms with Crippen molar-refractivity contribution in [3.63, 3.8) is 0 Å². The van der Waals surface area contributed by atoms with Gasteiger partial charge in [-0.3, -0.25) is 0 Å². The zero-order valence-corrected chi connectivity index (χ0v) is 7.58. The molecule has 0 saturated carbocycles. The number of halogens is 1. The van der Waals surface area contributed by atoms with Gasteiger partial charge in [0, 0.05) is 0 Å². The van der Waals surface area contributed by atoms with Gasteiger partial charge in [0.05, 0.1) is 19.4 Å². The van der Waals surface area contributed by atoms with Gasteiger partial charge >= 0.3 is 6.01 Å². The average Bonchev–Trinajstić information content (AvgIpc) is 2.12. The van der Waals surface area contributed by atoms with Gasteiger partial charge in [-0.15, -0.1) is 0 Å². The van der Waals surface area contributed by atoms with E-state index in [2.05, 4.69) is 9.97 Å². The van der Waals surface area contributed by atoms with Crippen molar-refractivity contribution >= 4 is 0 Å². The minimum Gasteiger partial charge on any atom is -0.476 e. The first kappa shape index (κ1) is 9.70. The number of hydrogen-bond donors (Lipinski definition) is 0. The Hall–Kier alpha value is -1.39. The van der Waals surface area contributed by atoms with Crippen LogP contribution in [0.4, 0.5) is 4.39 Å². The van der Waals surface area contributed by atoms with Crippen molar-refractivity contribution in [1.29, 1.82) is 0 Å². The summed E-state index contributed by atoms with van der Waals surface area (Å²) in [6.45, 7) is 4.35. The lowest BCUT2D eigenvalue weighted by molar-refractivity contribution is 0.276. The Labute approximate surface area is 75.7 Å². The third-order valence-electron chi connectivity index (χ3n) is 1.24. The molecule has 0 unspecified atom stereocenters. The minimum atomic E-state index is -0.578. The molecule has 1 aromatic heterocycles. The van der Waals surface area contributed by atoms with Crippen LogP contribution in [-0.2, 0) is 0 Å². The molecule has 0 spiro atoms. The second kappa shape index (κ2) is 4.59. The van der Waals surface area contributed by atoms with Crippen molar-refractivity contribution in [2.45, 2.75) is 13.8 Å². The molecule has 1 rings (SSSR count). The van der Waals surface area contributed by atoms with Crippen molar-refractivity contribution in [3.8, 4) is 11.9 Å². The Morgan fingerprint density at radius 2 is 2.00 bits per heavy atom. The first-order valence-corrected chi connectivity index (χ1v) is 4.06. The second-order valence-electron chi connectivity index (χ2n) is 2.17. The monoisotopic (exact) mass is 186 g/mol. The average molecular weight is 186 g/mol. The molecule has 0 N–H and O–H groups in total. The molecule has 0 amide bonds. The molecule has 1 aromatic rings. The van der Waals surface area contributed by atoms with Crippen LogP contribution in [0.15, 0.2) is 6.20 Å². The molecule has 0 aliphatic rings. The number of rotatable bonds is 4. The molecule has 0 saturated heterocycles. The van der Waals surface area contributed by atoms with Crippen molar-refractivity contribution in [3.05, 3.63) is 12.0 Å². The Morgan fingerprint density at radius 3 is 2.62 bits per heavy atom. The summed E-state index contributed by atoms with van der Waals surface area (Å²) < 4.78 is 22.8. The first-order valence-electron chi connectivity index (χ1n) is 4.06. The summed E-state index contributed by atoms with van der Waals surface area (Å²) in [4.78, 5) is 7.34. The molecule has 0 aromatic carbocycles. The predicted octanol–water partition coefficient (Wildman–Crippen LogP) is 1.41. The van der Waals surface area contributed by atoms with E-state index in [-0.39, 0.29) is 11.9 Å². The Kier molecular flexibility index (Phi) is 3.42. The number of ether oxygens (including phenoxy) is 2. The van der Waals surface area contributed by atoms with Gasteiger partial charge in [-0.25, -0.2) is 4.98 Å². The van der Waals surface area contributed by atoms with Crippen LogP contribution in [-0.4, -0.2) is 23.2 Å². The summed E-state index contributed by atoms with van der Waals surface area (Å²) in [6, 6.07) is 0.132. The first-order chi connectivity index (χ1) is 6.27. The van der Waals surface area contributed by atoms with E-state index >= 15 is 0 Å². The maximum absolute atomic E-state index is 12.9. The maximum atomic E-state index is 12.9. The van der Waals surface area contributed by atoms with Gasteiger partial charge in [0.25, 0.3) is 5.88 Å². The molecule has 4 nitrogen and oxygen atoms in total. The highest BCUT2D eigenvalue weighted by atomic mass is 19.1. The Balaban J connectivity index is 2.83. The van der Waals surface area contributed by atoms with Crippen LogP contribution in [0.1, 0.15) is 13.8 Å². The standard InChI is InChI=1S/C8H11FN2O2/c1-3-12-7-6(9)5-10-8(11-7)13-4-2/h5H,3-4H2,1-2H3. The Bertz CT molecular complexity index is 281. The van der Waals surface area contributed by atoms with Crippen LogP contribution in [0.5, 0.6) is 11.9 Å². The van der Waals surface area contributed by atoms with E-state index in [1.807, 2.05) is 0 Å². The lowest BCUT2D eigenvalue weighted by Crippen LogP contribution is -2.02. The summed E-state index contributed by atoms with van der Waals surface area (Å²) in [5.74, 6) is -0.647. The summed E-state index contributed by atoms with van der Waals surface area (Å²) in [5, 5.41) is 0. The largest absolute Gasteiger partial charge is 0.476 e. The normalized spacial score (nSPS) is 9.77. The van der Waals surface area contributed by atoms with Gasteiger partial charge in [0.1, 0.15) is 0 Å². The number of hydrogen-bond acceptors (Lipinski definition) is 4. The van der Waals surface area contributed by atoms with E-state index in [4.69, 9.17) is 9.47 Å². The molecular weight excluding hydrogens is 175 g/mol. The number of aromatic nitrogens is 2. The summed E-state index contributed by atoms with van der Waals surface area (Å²) >= 11 is 0. The van der Waals surface area contributed by atoms with Crippen molar-refractivity contribution in [2.75, 3.05) is 13.2 Å². The molecule has 0 fully saturated rings. The highest BCUT2D eigenvalue weighted by Crippen LogP contribution is 2.15. The molecule has 0 aliphatic carbocycles. The lowest BCUT2D eigenvalue weighted by Gasteiger charge is -2.04. The van der Waals surface area contributed by atoms with E-state index in [0.29, 0.717) is 13.2 Å². The van der Waals surface area contributed by atoms with Crippen LogP contribution in [0.25, 0.3) is 0 Å². The summed E-state index contributed by atoms with van der Waals surface area (Å²) in [5.41, 5.74) is 0. The van der Waals surface area contributed by atoms with Gasteiger partial charge in [-0.2, -0.15) is 9.37 Å². The molecule has 0 radical (unpaired) electrons. The molecule has 72 valence electrons. The third kappa shape index (κ3) is 2.54. The van der Waals surface area contributed by atoms with Crippen LogP contribution in [0, 0.1) is 5.82 Å². The van der Waals surface area contributed by atoms with E-state index in [9.17, 15) is 4.39 Å². The van der Waals surface area contributed by atoms with E-state index in [0.717, 1.165) is 6.20 Å². The van der Waals surface area contributed by atoms with Gasteiger partial charge in [-0.1, -0.05) is 0 Å². The predicted molar refractivity (Wildman–Crippen MR) is 44.3 cm³/mol. The quantitative estimate of drug-likeness (QED) is 0.713. The van der Waals surface area contributed by atoms with Crippen LogP contribution in [0.3, 0.4) is 0 Å². The fourth-order valence-electron chi connectivity index (χ4n) is 0.773. The second-order valence-corrected chi connectivity index (χ2v) is 2.17. The van der Waals surface area contributed by atoms with Gasteiger partial charge in [0.2, 0.25) is 5.82 Å². The molecule has 1 heterocycles. The van der Waals surface area contributed by atoms with Crippen molar-refractivity contribution in [2.24, 2.45) is 0 Å². The van der Waals surface area contributed by atoms with Crippen LogP contribution >= 0.6 is 0 Å². The fourth-order valence-corrected chi connectivity index (χ4v) is 0.773. The molecule has 5 heteroatoms. The summed E-state index contributed by atoms with van der Waals surface area (Å²) in [7, 11) is 0. The third-order valence-corrected chi connectivity index (χ3v) is 1.24. The SMILES string of the molecule is CCOc1ncc(F)c(OCC)n1. The lowest BCUT2D eigenvalue weighted by atomic mass is 10.6. The fraction of sp³-hybridized carbons (Fsp3) is 0.500. The van der Waals surface area contributed by atoms with E-state index < -0.39 is 5.82 Å². The van der Waals surface area contributed by atoms with E-state index in [1.54, 1.807) is 13.8 Å². The van der Waals surface area contributed by atoms with Gasteiger partial charge < -0.3 is 9.47 Å². The van der Waals surface area contributed by atoms with Gasteiger partial charge in [0.15, 0.2) is 0 Å². The van der Waals surface area contributed by atoms with E-state index in [1.165, 1.54) is 0 Å². The Morgan fingerprint density at radius 1 is 1.31 bits per heavy atom. The molecular formula is C8H11FN2O2. The summed E-state index contributed by atoms with van der Waals surface area (Å²) in [6.07, 6.45) is 1.03. The van der Waals surface area contributed by atoms with Crippen LogP contribution in [0.2, 0.25) is 0 Å². The highest BCUT2D eigenvalue weighted by Gasteiger charge is 2.07. The molecule has 13 heavy (non-hydrogen) atoms.